The molecule has 0 bridgehead atoms. The second-order valence-corrected chi connectivity index (χ2v) is 6.24. The summed E-state index contributed by atoms with van der Waals surface area (Å²) in [6.45, 7) is 0. The Morgan fingerprint density at radius 3 is 2.05 bits per heavy atom. The highest BCUT2D eigenvalue weighted by atomic mass is 16.6. The van der Waals surface area contributed by atoms with Crippen molar-refractivity contribution in [3.8, 4) is 16.9 Å². The molecule has 2 aromatic carbocycles. The van der Waals surface area contributed by atoms with Gasteiger partial charge in [0.1, 0.15) is 5.75 Å². The van der Waals surface area contributed by atoms with Gasteiger partial charge in [0.05, 0.1) is 25.4 Å². The second-order valence-electron chi connectivity index (χ2n) is 6.24. The summed E-state index contributed by atoms with van der Waals surface area (Å²) in [5, 5.41) is 10.5. The number of hydrogen-bond donors (Lipinski definition) is 1. The van der Waals surface area contributed by atoms with Crippen LogP contribution in [0.1, 0.15) is 24.5 Å². The molecule has 2 aromatic rings. The lowest BCUT2D eigenvalue weighted by atomic mass is 9.92. The summed E-state index contributed by atoms with van der Waals surface area (Å²) < 4.78 is 10.6. The van der Waals surface area contributed by atoms with Gasteiger partial charge < -0.3 is 14.6 Å². The maximum atomic E-state index is 10.5. The molecule has 1 N–H and O–H groups in total. The fourth-order valence-corrected chi connectivity index (χ4v) is 3.47. The summed E-state index contributed by atoms with van der Waals surface area (Å²) in [6.07, 6.45) is 2.44. The van der Waals surface area contributed by atoms with Crippen molar-refractivity contribution in [1.82, 2.24) is 0 Å². The van der Waals surface area contributed by atoms with Gasteiger partial charge in [0.2, 0.25) is 0 Å². The van der Waals surface area contributed by atoms with E-state index in [0.717, 1.165) is 35.3 Å². The highest BCUT2D eigenvalue weighted by molar-refractivity contribution is 5.64. The van der Waals surface area contributed by atoms with Gasteiger partial charge in [-0.3, -0.25) is 0 Å². The number of epoxide rings is 1. The van der Waals surface area contributed by atoms with Gasteiger partial charge in [0, 0.05) is 0 Å². The first-order valence-corrected chi connectivity index (χ1v) is 7.82. The Kier molecular flexibility index (Phi) is 3.40. The lowest BCUT2D eigenvalue weighted by Gasteiger charge is -2.19. The fraction of sp³-hybridized carbons (Fsp3) is 0.368. The molecule has 1 saturated heterocycles. The summed E-state index contributed by atoms with van der Waals surface area (Å²) in [7, 11) is 1.67. The standard InChI is InChI=1S/C19H20O3/c1-21-16-8-6-13(7-9-16)12-2-4-14(5-3-12)19(20)15-10-17-18(11-15)22-17/h2-9,15,17-20H,10-11H2,1H3. The summed E-state index contributed by atoms with van der Waals surface area (Å²) in [4.78, 5) is 0. The van der Waals surface area contributed by atoms with E-state index in [9.17, 15) is 5.11 Å². The van der Waals surface area contributed by atoms with E-state index in [1.807, 2.05) is 36.4 Å². The van der Waals surface area contributed by atoms with Gasteiger partial charge in [0.25, 0.3) is 0 Å². The number of benzene rings is 2. The van der Waals surface area contributed by atoms with Gasteiger partial charge in [-0.25, -0.2) is 0 Å². The molecular weight excluding hydrogens is 276 g/mol. The summed E-state index contributed by atoms with van der Waals surface area (Å²) in [5.41, 5.74) is 3.30. The smallest absolute Gasteiger partial charge is 0.118 e. The monoisotopic (exact) mass is 296 g/mol. The van der Waals surface area contributed by atoms with E-state index in [0.29, 0.717) is 18.1 Å². The molecular formula is C19H20O3. The minimum atomic E-state index is -0.374. The minimum Gasteiger partial charge on any atom is -0.497 e. The average Bonchev–Trinajstić information content (AvgIpc) is 3.20. The molecule has 114 valence electrons. The molecule has 2 fully saturated rings. The molecule has 0 radical (unpaired) electrons. The number of aliphatic hydroxyl groups excluding tert-OH is 1. The zero-order chi connectivity index (χ0) is 15.1. The van der Waals surface area contributed by atoms with Crippen molar-refractivity contribution in [3.05, 3.63) is 54.1 Å². The molecule has 1 saturated carbocycles. The Hall–Kier alpha value is -1.84. The van der Waals surface area contributed by atoms with E-state index in [4.69, 9.17) is 9.47 Å². The van der Waals surface area contributed by atoms with Gasteiger partial charge in [-0.15, -0.1) is 0 Å². The van der Waals surface area contributed by atoms with E-state index in [1.165, 1.54) is 0 Å². The highest BCUT2D eigenvalue weighted by Gasteiger charge is 2.49. The number of aliphatic hydroxyl groups is 1. The SMILES string of the molecule is COc1ccc(-c2ccc(C(O)C3CC4OC4C3)cc2)cc1. The average molecular weight is 296 g/mol. The Labute approximate surface area is 130 Å². The molecule has 0 amide bonds. The van der Waals surface area contributed by atoms with Crippen molar-refractivity contribution in [1.29, 1.82) is 0 Å². The van der Waals surface area contributed by atoms with Crippen LogP contribution in [0.5, 0.6) is 5.75 Å². The van der Waals surface area contributed by atoms with E-state index >= 15 is 0 Å². The Morgan fingerprint density at radius 1 is 0.955 bits per heavy atom. The zero-order valence-electron chi connectivity index (χ0n) is 12.6. The Morgan fingerprint density at radius 2 is 1.50 bits per heavy atom. The van der Waals surface area contributed by atoms with Crippen molar-refractivity contribution in [2.45, 2.75) is 31.2 Å². The lowest BCUT2D eigenvalue weighted by molar-refractivity contribution is 0.0866. The van der Waals surface area contributed by atoms with Crippen LogP contribution in [-0.2, 0) is 4.74 Å². The third kappa shape index (κ3) is 2.51. The molecule has 2 aliphatic rings. The molecule has 1 aliphatic carbocycles. The second kappa shape index (κ2) is 5.41. The molecule has 3 atom stereocenters. The van der Waals surface area contributed by atoms with Crippen LogP contribution < -0.4 is 4.74 Å². The first kappa shape index (κ1) is 13.8. The summed E-state index contributed by atoms with van der Waals surface area (Å²) in [6, 6.07) is 16.2. The van der Waals surface area contributed by atoms with Crippen LogP contribution in [0.4, 0.5) is 0 Å². The first-order chi connectivity index (χ1) is 10.7. The molecule has 1 aliphatic heterocycles. The topological polar surface area (TPSA) is 42.0 Å². The van der Waals surface area contributed by atoms with Gasteiger partial charge in [-0.05, 0) is 47.6 Å². The predicted octanol–water partition coefficient (Wildman–Crippen LogP) is 3.57. The predicted molar refractivity (Wildman–Crippen MR) is 84.8 cm³/mol. The maximum absolute atomic E-state index is 10.5. The third-order valence-electron chi connectivity index (χ3n) is 4.88. The molecule has 3 nitrogen and oxygen atoms in total. The van der Waals surface area contributed by atoms with Crippen LogP contribution in [0.2, 0.25) is 0 Å². The molecule has 1 heterocycles. The number of ether oxygens (including phenoxy) is 2. The molecule has 4 rings (SSSR count). The van der Waals surface area contributed by atoms with Crippen molar-refractivity contribution in [3.63, 3.8) is 0 Å². The zero-order valence-corrected chi connectivity index (χ0v) is 12.6. The van der Waals surface area contributed by atoms with Crippen LogP contribution in [0.3, 0.4) is 0 Å². The third-order valence-corrected chi connectivity index (χ3v) is 4.88. The van der Waals surface area contributed by atoms with Gasteiger partial charge in [-0.1, -0.05) is 36.4 Å². The quantitative estimate of drug-likeness (QED) is 0.877. The van der Waals surface area contributed by atoms with Crippen LogP contribution in [0, 0.1) is 5.92 Å². The van der Waals surface area contributed by atoms with Crippen LogP contribution in [-0.4, -0.2) is 24.4 Å². The largest absolute Gasteiger partial charge is 0.497 e. The first-order valence-electron chi connectivity index (χ1n) is 7.82. The normalized spacial score (nSPS) is 27.3. The Bertz CT molecular complexity index is 637. The number of fused-ring (bicyclic) bond motifs is 1. The van der Waals surface area contributed by atoms with Gasteiger partial charge in [-0.2, -0.15) is 0 Å². The van der Waals surface area contributed by atoms with Crippen molar-refractivity contribution in [2.75, 3.05) is 7.11 Å². The van der Waals surface area contributed by atoms with Crippen molar-refractivity contribution < 1.29 is 14.6 Å². The summed E-state index contributed by atoms with van der Waals surface area (Å²) >= 11 is 0. The molecule has 3 heteroatoms. The summed E-state index contributed by atoms with van der Waals surface area (Å²) in [5.74, 6) is 1.20. The maximum Gasteiger partial charge on any atom is 0.118 e. The number of rotatable bonds is 4. The lowest BCUT2D eigenvalue weighted by Crippen LogP contribution is -2.11. The van der Waals surface area contributed by atoms with Crippen molar-refractivity contribution >= 4 is 0 Å². The van der Waals surface area contributed by atoms with Crippen LogP contribution in [0.25, 0.3) is 11.1 Å². The van der Waals surface area contributed by atoms with E-state index < -0.39 is 0 Å². The molecule has 0 spiro atoms. The fourth-order valence-electron chi connectivity index (χ4n) is 3.47. The highest BCUT2D eigenvalue weighted by Crippen LogP contribution is 2.47. The molecule has 3 unspecified atom stereocenters. The minimum absolute atomic E-state index is 0.343. The van der Waals surface area contributed by atoms with E-state index in [-0.39, 0.29) is 6.10 Å². The van der Waals surface area contributed by atoms with Gasteiger partial charge in [0.15, 0.2) is 0 Å². The number of methoxy groups -OCH3 is 1. The number of hydrogen-bond acceptors (Lipinski definition) is 3. The molecule has 22 heavy (non-hydrogen) atoms. The molecule has 0 aromatic heterocycles. The van der Waals surface area contributed by atoms with Crippen LogP contribution >= 0.6 is 0 Å². The van der Waals surface area contributed by atoms with Gasteiger partial charge >= 0.3 is 0 Å². The van der Waals surface area contributed by atoms with E-state index in [2.05, 4.69) is 12.1 Å². The van der Waals surface area contributed by atoms with Crippen molar-refractivity contribution in [2.24, 2.45) is 5.92 Å². The van der Waals surface area contributed by atoms with Crippen LogP contribution in [0.15, 0.2) is 48.5 Å². The Balaban J connectivity index is 1.49. The van der Waals surface area contributed by atoms with E-state index in [1.54, 1.807) is 7.11 Å².